The minimum Gasteiger partial charge on any atom is -0.456 e. The van der Waals surface area contributed by atoms with Gasteiger partial charge in [-0.1, -0.05) is 140 Å². The summed E-state index contributed by atoms with van der Waals surface area (Å²) >= 11 is 0. The Morgan fingerprint density at radius 3 is 1.55 bits per heavy atom. The lowest BCUT2D eigenvalue weighted by Gasteiger charge is -2.11. The quantitative estimate of drug-likeness (QED) is 0.172. The van der Waals surface area contributed by atoms with Crippen molar-refractivity contribution in [2.75, 3.05) is 0 Å². The first-order chi connectivity index (χ1) is 27.7. The lowest BCUT2D eigenvalue weighted by Crippen LogP contribution is -2.00. The standard InChI is InChI=1S/C51H32N4O/c1-3-13-33(14-4-1)49-52-50(34-15-5-2-6-16-34)54-51(53-49)39-19-11-17-35(29-39)37-25-27-46-43(31-37)41-21-7-9-23-45(41)55(46)40-20-12-18-36(30-40)38-26-28-48-44(32-38)42-22-8-10-24-47(42)56-48/h1-32H. The van der Waals surface area contributed by atoms with Gasteiger partial charge in [-0.05, 0) is 76.9 Å². The highest BCUT2D eigenvalue weighted by Crippen LogP contribution is 2.38. The third-order valence-corrected chi connectivity index (χ3v) is 10.6. The van der Waals surface area contributed by atoms with E-state index in [4.69, 9.17) is 19.4 Å². The second kappa shape index (κ2) is 13.0. The number of nitrogens with zero attached hydrogens (tertiary/aromatic N) is 4. The van der Waals surface area contributed by atoms with Gasteiger partial charge in [0.2, 0.25) is 0 Å². The maximum absolute atomic E-state index is 6.12. The van der Waals surface area contributed by atoms with Gasteiger partial charge in [-0.2, -0.15) is 0 Å². The van der Waals surface area contributed by atoms with Crippen LogP contribution in [0.2, 0.25) is 0 Å². The van der Waals surface area contributed by atoms with Crippen LogP contribution in [-0.2, 0) is 0 Å². The van der Waals surface area contributed by atoms with E-state index in [2.05, 4.69) is 126 Å². The third-order valence-electron chi connectivity index (χ3n) is 10.6. The third kappa shape index (κ3) is 5.45. The molecule has 56 heavy (non-hydrogen) atoms. The topological polar surface area (TPSA) is 56.7 Å². The predicted octanol–water partition coefficient (Wildman–Crippen LogP) is 13.2. The molecular weight excluding hydrogens is 685 g/mol. The van der Waals surface area contributed by atoms with Crippen molar-refractivity contribution >= 4 is 43.7 Å². The van der Waals surface area contributed by atoms with Crippen molar-refractivity contribution in [1.29, 1.82) is 0 Å². The molecule has 5 heteroatoms. The lowest BCUT2D eigenvalue weighted by atomic mass is 10.0. The number of hydrogen-bond donors (Lipinski definition) is 0. The Morgan fingerprint density at radius 2 is 0.804 bits per heavy atom. The number of furan rings is 1. The summed E-state index contributed by atoms with van der Waals surface area (Å²) < 4.78 is 8.50. The van der Waals surface area contributed by atoms with E-state index in [0.29, 0.717) is 17.5 Å². The molecule has 262 valence electrons. The number of fused-ring (bicyclic) bond motifs is 6. The van der Waals surface area contributed by atoms with Crippen molar-refractivity contribution in [2.24, 2.45) is 0 Å². The molecule has 0 radical (unpaired) electrons. The van der Waals surface area contributed by atoms with Gasteiger partial charge in [-0.3, -0.25) is 0 Å². The van der Waals surface area contributed by atoms with Gasteiger partial charge in [-0.15, -0.1) is 0 Å². The van der Waals surface area contributed by atoms with Gasteiger partial charge in [-0.25, -0.2) is 15.0 Å². The van der Waals surface area contributed by atoms with Crippen LogP contribution < -0.4 is 0 Å². The molecule has 11 aromatic rings. The van der Waals surface area contributed by atoms with Crippen LogP contribution >= 0.6 is 0 Å². The Balaban J connectivity index is 1.01. The van der Waals surface area contributed by atoms with Crippen LogP contribution in [0.1, 0.15) is 0 Å². The number of benzene rings is 8. The molecule has 0 saturated carbocycles. The molecule has 5 nitrogen and oxygen atoms in total. The molecule has 0 aliphatic carbocycles. The molecule has 3 aromatic heterocycles. The van der Waals surface area contributed by atoms with Crippen LogP contribution in [0.25, 0.3) is 106 Å². The number of hydrogen-bond acceptors (Lipinski definition) is 4. The largest absolute Gasteiger partial charge is 0.456 e. The summed E-state index contributed by atoms with van der Waals surface area (Å²) in [5.41, 5.74) is 12.6. The average molecular weight is 717 g/mol. The number of rotatable bonds is 6. The molecule has 0 aliphatic rings. The normalized spacial score (nSPS) is 11.6. The summed E-state index contributed by atoms with van der Waals surface area (Å²) in [6.45, 7) is 0. The van der Waals surface area contributed by atoms with Crippen LogP contribution in [0.4, 0.5) is 0 Å². The van der Waals surface area contributed by atoms with Crippen LogP contribution in [0.15, 0.2) is 199 Å². The van der Waals surface area contributed by atoms with E-state index in [0.717, 1.165) is 77.6 Å². The summed E-state index contributed by atoms with van der Waals surface area (Å²) in [6.07, 6.45) is 0. The van der Waals surface area contributed by atoms with Gasteiger partial charge in [0.1, 0.15) is 11.2 Å². The first-order valence-electron chi connectivity index (χ1n) is 18.8. The molecule has 0 atom stereocenters. The first kappa shape index (κ1) is 31.9. The van der Waals surface area contributed by atoms with E-state index in [1.54, 1.807) is 0 Å². The van der Waals surface area contributed by atoms with Crippen molar-refractivity contribution < 1.29 is 4.42 Å². The Labute approximate surface area is 322 Å². The Hall–Kier alpha value is -7.63. The maximum atomic E-state index is 6.12. The van der Waals surface area contributed by atoms with Crippen molar-refractivity contribution in [3.8, 4) is 62.1 Å². The summed E-state index contributed by atoms with van der Waals surface area (Å²) in [5, 5.41) is 4.65. The van der Waals surface area contributed by atoms with Gasteiger partial charge in [0, 0.05) is 43.9 Å². The van der Waals surface area contributed by atoms with Gasteiger partial charge in [0.15, 0.2) is 17.5 Å². The van der Waals surface area contributed by atoms with E-state index in [9.17, 15) is 0 Å². The van der Waals surface area contributed by atoms with Crippen LogP contribution in [0.3, 0.4) is 0 Å². The van der Waals surface area contributed by atoms with E-state index in [1.807, 2.05) is 72.8 Å². The fourth-order valence-corrected chi connectivity index (χ4v) is 7.94. The SMILES string of the molecule is c1ccc(-c2nc(-c3ccccc3)nc(-c3cccc(-c4ccc5c(c4)c4ccccc4n5-c4cccc(-c5ccc6oc7ccccc7c6c5)c4)c3)n2)cc1. The monoisotopic (exact) mass is 716 g/mol. The lowest BCUT2D eigenvalue weighted by molar-refractivity contribution is 0.669. The van der Waals surface area contributed by atoms with Crippen molar-refractivity contribution in [1.82, 2.24) is 19.5 Å². The molecule has 0 fully saturated rings. The molecule has 0 N–H and O–H groups in total. The Kier molecular flexibility index (Phi) is 7.42. The highest BCUT2D eigenvalue weighted by molar-refractivity contribution is 6.11. The summed E-state index contributed by atoms with van der Waals surface area (Å²) in [7, 11) is 0. The minimum atomic E-state index is 0.636. The molecule has 0 spiro atoms. The van der Waals surface area contributed by atoms with Gasteiger partial charge < -0.3 is 8.98 Å². The van der Waals surface area contributed by atoms with E-state index in [1.165, 1.54) is 10.8 Å². The zero-order chi connectivity index (χ0) is 37.0. The van der Waals surface area contributed by atoms with E-state index < -0.39 is 0 Å². The fraction of sp³-hybridized carbons (Fsp3) is 0. The Morgan fingerprint density at radius 1 is 0.304 bits per heavy atom. The highest BCUT2D eigenvalue weighted by atomic mass is 16.3. The van der Waals surface area contributed by atoms with Crippen molar-refractivity contribution in [3.63, 3.8) is 0 Å². The molecule has 8 aromatic carbocycles. The molecule has 0 amide bonds. The molecule has 11 rings (SSSR count). The fourth-order valence-electron chi connectivity index (χ4n) is 7.94. The first-order valence-corrected chi connectivity index (χ1v) is 18.8. The smallest absolute Gasteiger partial charge is 0.164 e. The summed E-state index contributed by atoms with van der Waals surface area (Å²) in [4.78, 5) is 14.9. The second-order valence-electron chi connectivity index (χ2n) is 14.1. The number of aromatic nitrogens is 4. The number of para-hydroxylation sites is 2. The maximum Gasteiger partial charge on any atom is 0.164 e. The second-order valence-corrected chi connectivity index (χ2v) is 14.1. The Bertz CT molecular complexity index is 3200. The molecule has 0 aliphatic heterocycles. The van der Waals surface area contributed by atoms with Crippen LogP contribution in [0, 0.1) is 0 Å². The molecule has 0 saturated heterocycles. The van der Waals surface area contributed by atoms with E-state index in [-0.39, 0.29) is 0 Å². The predicted molar refractivity (Wildman–Crippen MR) is 229 cm³/mol. The average Bonchev–Trinajstić information content (AvgIpc) is 3.82. The zero-order valence-electron chi connectivity index (χ0n) is 30.2. The van der Waals surface area contributed by atoms with Crippen molar-refractivity contribution in [3.05, 3.63) is 194 Å². The highest BCUT2D eigenvalue weighted by Gasteiger charge is 2.16. The molecule has 0 unspecified atom stereocenters. The molecule has 0 bridgehead atoms. The van der Waals surface area contributed by atoms with E-state index >= 15 is 0 Å². The van der Waals surface area contributed by atoms with Gasteiger partial charge in [0.05, 0.1) is 11.0 Å². The molecule has 3 heterocycles. The zero-order valence-corrected chi connectivity index (χ0v) is 30.2. The van der Waals surface area contributed by atoms with Gasteiger partial charge in [0.25, 0.3) is 0 Å². The van der Waals surface area contributed by atoms with Gasteiger partial charge >= 0.3 is 0 Å². The molecular formula is C51H32N4O. The summed E-state index contributed by atoms with van der Waals surface area (Å²) in [6, 6.07) is 67.7. The summed E-state index contributed by atoms with van der Waals surface area (Å²) in [5.74, 6) is 1.93. The minimum absolute atomic E-state index is 0.636. The van der Waals surface area contributed by atoms with Crippen molar-refractivity contribution in [2.45, 2.75) is 0 Å². The van der Waals surface area contributed by atoms with Crippen LogP contribution in [-0.4, -0.2) is 19.5 Å². The van der Waals surface area contributed by atoms with Crippen LogP contribution in [0.5, 0.6) is 0 Å².